The van der Waals surface area contributed by atoms with Crippen molar-refractivity contribution in [1.29, 1.82) is 0 Å². The van der Waals surface area contributed by atoms with Crippen molar-refractivity contribution in [3.8, 4) is 11.5 Å². The Morgan fingerprint density at radius 2 is 1.44 bits per heavy atom. The number of carbonyl (C=O) groups excluding carboxylic acids is 2. The summed E-state index contributed by atoms with van der Waals surface area (Å²) in [7, 11) is 3.17. The van der Waals surface area contributed by atoms with Crippen LogP contribution in [0.4, 0.5) is 11.4 Å². The molecule has 3 aromatic carbocycles. The molecule has 178 valence electrons. The number of rotatable bonds is 8. The van der Waals surface area contributed by atoms with Crippen LogP contribution < -0.4 is 20.1 Å². The summed E-state index contributed by atoms with van der Waals surface area (Å²) in [5.41, 5.74) is 3.99. The van der Waals surface area contributed by atoms with Gasteiger partial charge in [-0.05, 0) is 65.4 Å². The molecule has 0 saturated heterocycles. The Hall–Kier alpha value is -3.80. The van der Waals surface area contributed by atoms with E-state index in [-0.39, 0.29) is 17.2 Å². The molecule has 3 rings (SSSR count). The maximum Gasteiger partial charge on any atom is 0.255 e. The van der Waals surface area contributed by atoms with Crippen LogP contribution in [0, 0.1) is 0 Å². The Kier molecular flexibility index (Phi) is 7.95. The summed E-state index contributed by atoms with van der Waals surface area (Å²) in [6.07, 6.45) is 0.874. The molecule has 0 bridgehead atoms. The molecule has 6 nitrogen and oxygen atoms in total. The van der Waals surface area contributed by atoms with Gasteiger partial charge < -0.3 is 20.1 Å². The third kappa shape index (κ3) is 6.61. The monoisotopic (exact) mass is 460 g/mol. The molecule has 0 unspecified atom stereocenters. The van der Waals surface area contributed by atoms with Gasteiger partial charge in [0.25, 0.3) is 5.91 Å². The molecule has 3 aromatic rings. The van der Waals surface area contributed by atoms with Crippen molar-refractivity contribution in [3.05, 3.63) is 83.4 Å². The first-order valence-corrected chi connectivity index (χ1v) is 11.2. The number of carbonyl (C=O) groups is 2. The van der Waals surface area contributed by atoms with Gasteiger partial charge in [-0.3, -0.25) is 9.59 Å². The van der Waals surface area contributed by atoms with Gasteiger partial charge in [0.15, 0.2) is 11.5 Å². The maximum atomic E-state index is 12.6. The summed E-state index contributed by atoms with van der Waals surface area (Å²) in [5, 5.41) is 5.79. The van der Waals surface area contributed by atoms with Crippen LogP contribution in [-0.2, 0) is 16.6 Å². The van der Waals surface area contributed by atoms with Crippen molar-refractivity contribution >= 4 is 23.2 Å². The fraction of sp³-hybridized carbons (Fsp3) is 0.286. The van der Waals surface area contributed by atoms with Gasteiger partial charge >= 0.3 is 0 Å². The maximum absolute atomic E-state index is 12.6. The fourth-order valence-corrected chi connectivity index (χ4v) is 3.52. The van der Waals surface area contributed by atoms with Crippen LogP contribution in [0.1, 0.15) is 48.7 Å². The van der Waals surface area contributed by atoms with E-state index in [4.69, 9.17) is 9.47 Å². The minimum atomic E-state index is -0.197. The van der Waals surface area contributed by atoms with E-state index in [0.717, 1.165) is 5.56 Å². The first-order chi connectivity index (χ1) is 16.2. The molecular formula is C28H32N2O4. The zero-order valence-corrected chi connectivity index (χ0v) is 20.4. The zero-order chi connectivity index (χ0) is 24.7. The second-order valence-electron chi connectivity index (χ2n) is 9.10. The Morgan fingerprint density at radius 3 is 2.06 bits per heavy atom. The van der Waals surface area contributed by atoms with Crippen molar-refractivity contribution in [2.45, 2.75) is 39.0 Å². The SMILES string of the molecule is COc1ccc(CCC(=O)Nc2cccc(NC(=O)c3ccc(C(C)(C)C)cc3)c2)cc1OC. The molecule has 0 heterocycles. The highest BCUT2D eigenvalue weighted by Gasteiger charge is 2.14. The smallest absolute Gasteiger partial charge is 0.255 e. The summed E-state index contributed by atoms with van der Waals surface area (Å²) >= 11 is 0. The van der Waals surface area contributed by atoms with Gasteiger partial charge in [0, 0.05) is 23.4 Å². The van der Waals surface area contributed by atoms with Crippen LogP contribution in [-0.4, -0.2) is 26.0 Å². The fourth-order valence-electron chi connectivity index (χ4n) is 3.52. The number of benzene rings is 3. The van der Waals surface area contributed by atoms with E-state index in [0.29, 0.717) is 41.3 Å². The van der Waals surface area contributed by atoms with E-state index in [9.17, 15) is 9.59 Å². The number of hydrogen-bond acceptors (Lipinski definition) is 4. The van der Waals surface area contributed by atoms with Gasteiger partial charge in [0.05, 0.1) is 14.2 Å². The number of hydrogen-bond donors (Lipinski definition) is 2. The number of nitrogens with one attached hydrogen (secondary N) is 2. The van der Waals surface area contributed by atoms with Crippen LogP contribution in [0.15, 0.2) is 66.7 Å². The highest BCUT2D eigenvalue weighted by molar-refractivity contribution is 6.04. The van der Waals surface area contributed by atoms with Gasteiger partial charge in [-0.15, -0.1) is 0 Å². The van der Waals surface area contributed by atoms with Crippen LogP contribution in [0.3, 0.4) is 0 Å². The van der Waals surface area contributed by atoms with Crippen LogP contribution in [0.25, 0.3) is 0 Å². The number of anilines is 2. The lowest BCUT2D eigenvalue weighted by Crippen LogP contribution is -2.15. The average molecular weight is 461 g/mol. The number of methoxy groups -OCH3 is 2. The number of ether oxygens (including phenoxy) is 2. The highest BCUT2D eigenvalue weighted by Crippen LogP contribution is 2.28. The Bertz CT molecular complexity index is 1150. The molecule has 0 fully saturated rings. The van der Waals surface area contributed by atoms with Gasteiger partial charge in [0.2, 0.25) is 5.91 Å². The molecule has 34 heavy (non-hydrogen) atoms. The summed E-state index contributed by atoms with van der Waals surface area (Å²) in [4.78, 5) is 25.1. The molecule has 0 atom stereocenters. The quantitative estimate of drug-likeness (QED) is 0.444. The van der Waals surface area contributed by atoms with E-state index in [1.807, 2.05) is 42.5 Å². The standard InChI is InChI=1S/C28H32N2O4/c1-28(2,3)21-13-11-20(12-14-21)27(32)30-23-8-6-7-22(18-23)29-26(31)16-10-19-9-15-24(33-4)25(17-19)34-5/h6-9,11-15,17-18H,10,16H2,1-5H3,(H,29,31)(H,30,32). The predicted molar refractivity (Wildman–Crippen MR) is 136 cm³/mol. The van der Waals surface area contributed by atoms with Crippen molar-refractivity contribution in [1.82, 2.24) is 0 Å². The molecule has 6 heteroatoms. The van der Waals surface area contributed by atoms with E-state index < -0.39 is 0 Å². The van der Waals surface area contributed by atoms with E-state index in [1.165, 1.54) is 5.56 Å². The first-order valence-electron chi connectivity index (χ1n) is 11.2. The van der Waals surface area contributed by atoms with Gasteiger partial charge in [0.1, 0.15) is 0 Å². The molecule has 0 aliphatic carbocycles. The molecule has 0 radical (unpaired) electrons. The first kappa shape index (κ1) is 24.8. The molecule has 0 aliphatic rings. The summed E-state index contributed by atoms with van der Waals surface area (Å²) in [6.45, 7) is 6.40. The van der Waals surface area contributed by atoms with Crippen molar-refractivity contribution in [3.63, 3.8) is 0 Å². The minimum Gasteiger partial charge on any atom is -0.493 e. The van der Waals surface area contributed by atoms with Crippen molar-refractivity contribution in [2.75, 3.05) is 24.9 Å². The Morgan fingerprint density at radius 1 is 0.794 bits per heavy atom. The van der Waals surface area contributed by atoms with Gasteiger partial charge in [-0.1, -0.05) is 45.0 Å². The molecule has 0 saturated carbocycles. The lowest BCUT2D eigenvalue weighted by Gasteiger charge is -2.19. The molecule has 0 aromatic heterocycles. The van der Waals surface area contributed by atoms with Crippen molar-refractivity contribution in [2.24, 2.45) is 0 Å². The van der Waals surface area contributed by atoms with Gasteiger partial charge in [-0.2, -0.15) is 0 Å². The van der Waals surface area contributed by atoms with E-state index in [1.54, 1.807) is 38.5 Å². The Labute approximate surface area is 201 Å². The topological polar surface area (TPSA) is 76.7 Å². The predicted octanol–water partition coefficient (Wildman–Crippen LogP) is 5.82. The minimum absolute atomic E-state index is 0.0288. The third-order valence-corrected chi connectivity index (χ3v) is 5.51. The van der Waals surface area contributed by atoms with Gasteiger partial charge in [-0.25, -0.2) is 0 Å². The van der Waals surface area contributed by atoms with E-state index >= 15 is 0 Å². The lowest BCUT2D eigenvalue weighted by atomic mass is 9.87. The molecule has 2 N–H and O–H groups in total. The Balaban J connectivity index is 1.57. The summed E-state index contributed by atoms with van der Waals surface area (Å²) < 4.78 is 10.6. The van der Waals surface area contributed by atoms with Crippen LogP contribution >= 0.6 is 0 Å². The molecule has 0 spiro atoms. The third-order valence-electron chi connectivity index (χ3n) is 5.51. The lowest BCUT2D eigenvalue weighted by molar-refractivity contribution is -0.116. The molecule has 2 amide bonds. The summed E-state index contributed by atoms with van der Waals surface area (Å²) in [5.74, 6) is 0.977. The average Bonchev–Trinajstić information content (AvgIpc) is 2.82. The second-order valence-corrected chi connectivity index (χ2v) is 9.10. The second kappa shape index (κ2) is 10.9. The van der Waals surface area contributed by atoms with E-state index in [2.05, 4.69) is 31.4 Å². The molecular weight excluding hydrogens is 428 g/mol. The largest absolute Gasteiger partial charge is 0.493 e. The zero-order valence-electron chi connectivity index (χ0n) is 20.4. The van der Waals surface area contributed by atoms with Crippen LogP contribution in [0.2, 0.25) is 0 Å². The molecule has 0 aliphatic heterocycles. The number of amides is 2. The van der Waals surface area contributed by atoms with Crippen LogP contribution in [0.5, 0.6) is 11.5 Å². The van der Waals surface area contributed by atoms with Crippen molar-refractivity contribution < 1.29 is 19.1 Å². The number of aryl methyl sites for hydroxylation is 1. The summed E-state index contributed by atoms with van der Waals surface area (Å²) in [6, 6.07) is 20.4. The highest BCUT2D eigenvalue weighted by atomic mass is 16.5. The normalized spacial score (nSPS) is 11.0.